The molecule has 0 spiro atoms. The summed E-state index contributed by atoms with van der Waals surface area (Å²) in [6.07, 6.45) is 10.8. The van der Waals surface area contributed by atoms with Crippen LogP contribution in [0.2, 0.25) is 0 Å². The van der Waals surface area contributed by atoms with Crippen molar-refractivity contribution in [1.29, 1.82) is 0 Å². The first-order valence-corrected chi connectivity index (χ1v) is 11.4. The lowest BCUT2D eigenvalue weighted by Crippen LogP contribution is -3.00. The second-order valence-corrected chi connectivity index (χ2v) is 8.01. The normalized spacial score (nSPS) is 11.1. The van der Waals surface area contributed by atoms with Gasteiger partial charge < -0.3 is 12.4 Å². The third kappa shape index (κ3) is 6.20. The molecule has 3 aromatic rings. The molecule has 3 aromatic carbocycles. The standard InChI is InChI=1S/C28H36N.ClH/c1-2-3-4-5-6-7-8-18-25-29(26-19-12-9-13-20-26,27-21-14-10-15-22-27)28-23-16-11-17-24-28;/h9-17,19-24H,2-8,18,25H2,1H3;1H/q+1;/p-1. The van der Waals surface area contributed by atoms with Crippen molar-refractivity contribution in [3.8, 4) is 0 Å². The average Bonchev–Trinajstić information content (AvgIpc) is 2.80. The Morgan fingerprint density at radius 2 is 0.800 bits per heavy atom. The van der Waals surface area contributed by atoms with Crippen LogP contribution in [-0.2, 0) is 0 Å². The van der Waals surface area contributed by atoms with Gasteiger partial charge in [0.15, 0.2) is 0 Å². The Bertz CT molecular complexity index is 705. The van der Waals surface area contributed by atoms with Crippen molar-refractivity contribution in [2.45, 2.75) is 58.3 Å². The summed E-state index contributed by atoms with van der Waals surface area (Å²) in [5.74, 6) is 0. The molecule has 0 radical (unpaired) electrons. The molecule has 30 heavy (non-hydrogen) atoms. The Morgan fingerprint density at radius 1 is 0.467 bits per heavy atom. The maximum atomic E-state index is 2.29. The van der Waals surface area contributed by atoms with Crippen molar-refractivity contribution in [3.63, 3.8) is 0 Å². The lowest BCUT2D eigenvalue weighted by molar-refractivity contribution is -0.00000591. The Hall–Kier alpha value is -2.09. The first-order valence-electron chi connectivity index (χ1n) is 11.4. The second kappa shape index (κ2) is 13.3. The van der Waals surface area contributed by atoms with Crippen molar-refractivity contribution in [1.82, 2.24) is 4.48 Å². The van der Waals surface area contributed by atoms with Crippen LogP contribution in [0, 0.1) is 0 Å². The molecule has 160 valence electrons. The van der Waals surface area contributed by atoms with Crippen molar-refractivity contribution in [2.75, 3.05) is 6.54 Å². The number of quaternary nitrogens is 1. The van der Waals surface area contributed by atoms with E-state index in [4.69, 9.17) is 0 Å². The molecule has 0 N–H and O–H groups in total. The maximum Gasteiger partial charge on any atom is 0.143 e. The van der Waals surface area contributed by atoms with Gasteiger partial charge in [0.2, 0.25) is 0 Å². The predicted molar refractivity (Wildman–Crippen MR) is 128 cm³/mol. The fraction of sp³-hybridized carbons (Fsp3) is 0.357. The number of benzene rings is 3. The van der Waals surface area contributed by atoms with Gasteiger partial charge in [-0.1, -0.05) is 100 Å². The average molecular weight is 422 g/mol. The Balaban J connectivity index is 0.00000320. The van der Waals surface area contributed by atoms with Gasteiger partial charge in [-0.3, -0.25) is 0 Å². The van der Waals surface area contributed by atoms with E-state index >= 15 is 0 Å². The van der Waals surface area contributed by atoms with Crippen LogP contribution < -0.4 is 16.9 Å². The zero-order chi connectivity index (χ0) is 20.2. The van der Waals surface area contributed by atoms with Gasteiger partial charge in [-0.25, -0.2) is 4.48 Å². The van der Waals surface area contributed by atoms with Gasteiger partial charge in [-0.2, -0.15) is 0 Å². The molecule has 0 heterocycles. The lowest BCUT2D eigenvalue weighted by atomic mass is 10.0. The van der Waals surface area contributed by atoms with Crippen LogP contribution in [0.15, 0.2) is 91.0 Å². The number of hydrogen-bond acceptors (Lipinski definition) is 0. The van der Waals surface area contributed by atoms with Crippen molar-refractivity contribution >= 4 is 17.1 Å². The Labute approximate surface area is 189 Å². The molecule has 2 heteroatoms. The van der Waals surface area contributed by atoms with E-state index in [1.54, 1.807) is 0 Å². The molecule has 0 aliphatic carbocycles. The molecule has 0 saturated heterocycles. The minimum absolute atomic E-state index is 0. The van der Waals surface area contributed by atoms with Crippen LogP contribution in [0.4, 0.5) is 17.1 Å². The number of hydrogen-bond donors (Lipinski definition) is 0. The lowest BCUT2D eigenvalue weighted by Gasteiger charge is -2.37. The first kappa shape index (κ1) is 24.2. The van der Waals surface area contributed by atoms with Crippen LogP contribution in [0.3, 0.4) is 0 Å². The van der Waals surface area contributed by atoms with Gasteiger partial charge >= 0.3 is 0 Å². The smallest absolute Gasteiger partial charge is 0.143 e. The van der Waals surface area contributed by atoms with E-state index in [-0.39, 0.29) is 12.4 Å². The molecule has 0 unspecified atom stereocenters. The SMILES string of the molecule is CCCCCCCCCC[N+](c1ccccc1)(c1ccccc1)c1ccccc1.[Cl-]. The van der Waals surface area contributed by atoms with Crippen molar-refractivity contribution in [3.05, 3.63) is 91.0 Å². The molecule has 1 nitrogen and oxygen atoms in total. The number of halogens is 1. The Kier molecular flexibility index (Phi) is 10.7. The quantitative estimate of drug-likeness (QED) is 0.256. The summed E-state index contributed by atoms with van der Waals surface area (Å²) in [7, 11) is 0. The molecule has 0 aromatic heterocycles. The van der Waals surface area contributed by atoms with Gasteiger partial charge in [-0.05, 0) is 49.2 Å². The molecule has 0 aliphatic rings. The van der Waals surface area contributed by atoms with E-state index < -0.39 is 0 Å². The zero-order valence-corrected chi connectivity index (χ0v) is 19.1. The summed E-state index contributed by atoms with van der Waals surface area (Å²) in [6, 6.07) is 33.1. The van der Waals surface area contributed by atoms with Crippen LogP contribution >= 0.6 is 0 Å². The molecule has 3 rings (SSSR count). The summed E-state index contributed by atoms with van der Waals surface area (Å²) in [5.41, 5.74) is 4.02. The van der Waals surface area contributed by atoms with E-state index in [2.05, 4.69) is 97.9 Å². The largest absolute Gasteiger partial charge is 1.00 e. The maximum absolute atomic E-state index is 2.29. The summed E-state index contributed by atoms with van der Waals surface area (Å²) < 4.78 is 0.790. The molecule has 0 atom stereocenters. The topological polar surface area (TPSA) is 0 Å². The molecular weight excluding hydrogens is 386 g/mol. The highest BCUT2D eigenvalue weighted by Gasteiger charge is 2.35. The molecule has 0 amide bonds. The van der Waals surface area contributed by atoms with Crippen LogP contribution in [0.25, 0.3) is 0 Å². The highest BCUT2D eigenvalue weighted by atomic mass is 35.5. The molecule has 0 bridgehead atoms. The number of nitrogens with zero attached hydrogens (tertiary/aromatic N) is 1. The highest BCUT2D eigenvalue weighted by molar-refractivity contribution is 5.70. The van der Waals surface area contributed by atoms with Gasteiger partial charge in [0.25, 0.3) is 0 Å². The second-order valence-electron chi connectivity index (χ2n) is 8.01. The fourth-order valence-electron chi connectivity index (χ4n) is 4.36. The van der Waals surface area contributed by atoms with Crippen LogP contribution in [0.1, 0.15) is 58.3 Å². The Morgan fingerprint density at radius 3 is 1.17 bits per heavy atom. The number of unbranched alkanes of at least 4 members (excludes halogenated alkanes) is 7. The number of para-hydroxylation sites is 3. The summed E-state index contributed by atoms with van der Waals surface area (Å²) in [4.78, 5) is 0. The highest BCUT2D eigenvalue weighted by Crippen LogP contribution is 2.43. The summed E-state index contributed by atoms with van der Waals surface area (Å²) in [5, 5.41) is 0. The molecule has 0 aliphatic heterocycles. The van der Waals surface area contributed by atoms with E-state index in [0.29, 0.717) is 0 Å². The van der Waals surface area contributed by atoms with E-state index in [1.807, 2.05) is 0 Å². The van der Waals surface area contributed by atoms with Gasteiger partial charge in [0, 0.05) is 0 Å². The monoisotopic (exact) mass is 421 g/mol. The van der Waals surface area contributed by atoms with Crippen molar-refractivity contribution < 1.29 is 12.4 Å². The van der Waals surface area contributed by atoms with Gasteiger partial charge in [-0.15, -0.1) is 0 Å². The van der Waals surface area contributed by atoms with Crippen LogP contribution in [-0.4, -0.2) is 6.54 Å². The fourth-order valence-corrected chi connectivity index (χ4v) is 4.36. The molecule has 0 fully saturated rings. The third-order valence-electron chi connectivity index (χ3n) is 5.94. The van der Waals surface area contributed by atoms with E-state index in [9.17, 15) is 0 Å². The summed E-state index contributed by atoms with van der Waals surface area (Å²) in [6.45, 7) is 3.38. The predicted octanol–water partition coefficient (Wildman–Crippen LogP) is 5.80. The first-order chi connectivity index (χ1) is 14.4. The zero-order valence-electron chi connectivity index (χ0n) is 18.3. The van der Waals surface area contributed by atoms with E-state index in [1.165, 1.54) is 68.4 Å². The number of rotatable bonds is 12. The summed E-state index contributed by atoms with van der Waals surface area (Å²) >= 11 is 0. The van der Waals surface area contributed by atoms with Gasteiger partial charge in [0.1, 0.15) is 17.1 Å². The molecular formula is C28H36ClN. The van der Waals surface area contributed by atoms with Crippen LogP contribution in [0.5, 0.6) is 0 Å². The van der Waals surface area contributed by atoms with Gasteiger partial charge in [0.05, 0.1) is 6.54 Å². The van der Waals surface area contributed by atoms with Crippen molar-refractivity contribution in [2.24, 2.45) is 0 Å². The minimum atomic E-state index is 0. The van der Waals surface area contributed by atoms with E-state index in [0.717, 1.165) is 11.0 Å². The molecule has 0 saturated carbocycles. The minimum Gasteiger partial charge on any atom is -1.00 e. The third-order valence-corrected chi connectivity index (χ3v) is 5.94.